The van der Waals surface area contributed by atoms with Crippen LogP contribution in [-0.2, 0) is 14.3 Å². The van der Waals surface area contributed by atoms with Gasteiger partial charge in [0, 0.05) is 30.9 Å². The van der Waals surface area contributed by atoms with Gasteiger partial charge in [0.25, 0.3) is 0 Å². The molecule has 2 heterocycles. The smallest absolute Gasteiger partial charge is 0.410 e. The predicted molar refractivity (Wildman–Crippen MR) is 175 cm³/mol. The zero-order valence-electron chi connectivity index (χ0n) is 28.5. The van der Waals surface area contributed by atoms with E-state index in [1.54, 1.807) is 25.7 Å². The number of piperidine rings is 1. The molecule has 0 saturated carbocycles. The Morgan fingerprint density at radius 2 is 1.82 bits per heavy atom. The zero-order chi connectivity index (χ0) is 33.9. The highest BCUT2D eigenvalue weighted by Crippen LogP contribution is 2.29. The number of carboxylic acids is 1. The summed E-state index contributed by atoms with van der Waals surface area (Å²) >= 11 is 1.08. The maximum Gasteiger partial charge on any atom is 0.410 e. The number of nitrogens with one attached hydrogen (secondary N) is 1. The molecule has 1 aliphatic heterocycles. The number of likely N-dealkylation sites (tertiary alicyclic amines) is 1. The second kappa shape index (κ2) is 17.8. The maximum absolute atomic E-state index is 14.5. The van der Waals surface area contributed by atoms with Crippen LogP contribution in [0.5, 0.6) is 0 Å². The van der Waals surface area contributed by atoms with Gasteiger partial charge < -0.3 is 25.2 Å². The highest BCUT2D eigenvalue weighted by Gasteiger charge is 2.40. The first kappa shape index (κ1) is 38.5. The number of aromatic nitrogens is 1. The molecule has 1 saturated heterocycles. The normalized spacial score (nSPS) is 18.2. The Morgan fingerprint density at radius 1 is 1.13 bits per heavy atom. The van der Waals surface area contributed by atoms with Crippen molar-refractivity contribution >= 4 is 35.2 Å². The first-order valence-corrected chi connectivity index (χ1v) is 17.5. The minimum absolute atomic E-state index is 0.0389. The molecule has 0 spiro atoms. The van der Waals surface area contributed by atoms with E-state index in [-0.39, 0.29) is 41.8 Å². The lowest BCUT2D eigenvalue weighted by molar-refractivity contribution is -0.143. The topological polar surface area (TPSA) is 149 Å². The van der Waals surface area contributed by atoms with Crippen LogP contribution in [0.15, 0.2) is 5.38 Å². The number of aliphatic hydroxyl groups excluding tert-OH is 1. The van der Waals surface area contributed by atoms with Crippen molar-refractivity contribution in [3.05, 3.63) is 16.1 Å². The summed E-state index contributed by atoms with van der Waals surface area (Å²) in [5.74, 6) is -1.97. The quantitative estimate of drug-likeness (QED) is 0.184. The molecule has 0 aliphatic carbocycles. The standard InChI is InChI=1S/C33H56N4O7S/c1-9-11-12-14-17-36(25(21(3)4)19-26(38)29-34-23(20-45-29)31(41)42)30(40)27(22(5)10-2)35-28(39)24-16-13-15-18-37(24)32(43)44-33(6,7)8/h20-22,24-27,38H,9-19H2,1-8H3,(H,35,39)(H,41,42)/t22-,24+,25+,26+,27-/m0/s1. The molecule has 1 fully saturated rings. The Hall–Kier alpha value is -2.73. The number of nitrogens with zero attached hydrogens (tertiary/aromatic N) is 3. The van der Waals surface area contributed by atoms with Crippen LogP contribution in [0.2, 0.25) is 0 Å². The Labute approximate surface area is 273 Å². The summed E-state index contributed by atoms with van der Waals surface area (Å²) in [6.45, 7) is 16.3. The van der Waals surface area contributed by atoms with Crippen LogP contribution < -0.4 is 5.32 Å². The minimum atomic E-state index is -1.16. The van der Waals surface area contributed by atoms with Crippen LogP contribution in [0.4, 0.5) is 4.79 Å². The first-order chi connectivity index (χ1) is 21.1. The van der Waals surface area contributed by atoms with E-state index in [0.717, 1.165) is 49.9 Å². The van der Waals surface area contributed by atoms with Gasteiger partial charge in [0.2, 0.25) is 11.8 Å². The molecular weight excluding hydrogens is 596 g/mol. The van der Waals surface area contributed by atoms with Gasteiger partial charge in [0.1, 0.15) is 28.8 Å². The number of aliphatic hydroxyl groups is 1. The highest BCUT2D eigenvalue weighted by molar-refractivity contribution is 7.09. The molecule has 256 valence electrons. The molecule has 3 amide bonds. The fourth-order valence-electron chi connectivity index (χ4n) is 5.63. The molecule has 1 aromatic heterocycles. The summed E-state index contributed by atoms with van der Waals surface area (Å²) in [6, 6.07) is -1.95. The summed E-state index contributed by atoms with van der Waals surface area (Å²) in [6.07, 6.45) is 5.07. The number of aromatic carboxylic acids is 1. The third-order valence-corrected chi connectivity index (χ3v) is 9.35. The van der Waals surface area contributed by atoms with Gasteiger partial charge in [0.15, 0.2) is 5.69 Å². The second-order valence-electron chi connectivity index (χ2n) is 13.6. The number of carboxylic acid groups (broad SMARTS) is 1. The Kier molecular flexibility index (Phi) is 15.2. The Bertz CT molecular complexity index is 1120. The third kappa shape index (κ3) is 11.5. The van der Waals surface area contributed by atoms with Gasteiger partial charge in [-0.2, -0.15) is 0 Å². The summed E-state index contributed by atoms with van der Waals surface area (Å²) in [5, 5.41) is 25.2. The molecule has 5 atom stereocenters. The van der Waals surface area contributed by atoms with Crippen molar-refractivity contribution in [2.45, 2.75) is 143 Å². The molecule has 1 aromatic rings. The molecule has 11 nitrogen and oxygen atoms in total. The molecule has 0 bridgehead atoms. The van der Waals surface area contributed by atoms with E-state index in [9.17, 15) is 29.4 Å². The number of thiazole rings is 1. The Morgan fingerprint density at radius 3 is 2.38 bits per heavy atom. The lowest BCUT2D eigenvalue weighted by Crippen LogP contribution is -2.60. The number of hydrogen-bond donors (Lipinski definition) is 3. The minimum Gasteiger partial charge on any atom is -0.476 e. The number of carbonyl (C=O) groups excluding carboxylic acids is 3. The lowest BCUT2D eigenvalue weighted by Gasteiger charge is -2.40. The van der Waals surface area contributed by atoms with E-state index in [1.165, 1.54) is 10.3 Å². The van der Waals surface area contributed by atoms with E-state index >= 15 is 0 Å². The lowest BCUT2D eigenvalue weighted by atomic mass is 9.91. The molecule has 45 heavy (non-hydrogen) atoms. The number of amides is 3. The van der Waals surface area contributed by atoms with Crippen LogP contribution in [0, 0.1) is 11.8 Å². The average Bonchev–Trinajstić information content (AvgIpc) is 3.48. The van der Waals surface area contributed by atoms with Crippen molar-refractivity contribution in [3.8, 4) is 0 Å². The van der Waals surface area contributed by atoms with E-state index < -0.39 is 35.9 Å². The van der Waals surface area contributed by atoms with E-state index in [1.807, 2.05) is 27.7 Å². The predicted octanol–water partition coefficient (Wildman–Crippen LogP) is 6.02. The van der Waals surface area contributed by atoms with E-state index in [4.69, 9.17) is 4.74 Å². The largest absolute Gasteiger partial charge is 0.476 e. The number of rotatable bonds is 16. The molecule has 0 aromatic carbocycles. The number of hydrogen-bond acceptors (Lipinski definition) is 8. The number of carbonyl (C=O) groups is 4. The summed E-state index contributed by atoms with van der Waals surface area (Å²) in [5.41, 5.74) is -0.821. The number of unbranched alkanes of at least 4 members (excludes halogenated alkanes) is 3. The molecule has 2 rings (SSSR count). The van der Waals surface area contributed by atoms with Crippen molar-refractivity contribution in [2.24, 2.45) is 11.8 Å². The molecule has 1 aliphatic rings. The van der Waals surface area contributed by atoms with Crippen molar-refractivity contribution in [1.82, 2.24) is 20.1 Å². The van der Waals surface area contributed by atoms with Crippen molar-refractivity contribution < 1.29 is 34.1 Å². The first-order valence-electron chi connectivity index (χ1n) is 16.6. The maximum atomic E-state index is 14.5. The monoisotopic (exact) mass is 652 g/mol. The molecule has 0 radical (unpaired) electrons. The van der Waals surface area contributed by atoms with Gasteiger partial charge in [-0.05, 0) is 58.3 Å². The fraction of sp³-hybridized carbons (Fsp3) is 0.788. The van der Waals surface area contributed by atoms with Gasteiger partial charge >= 0.3 is 12.1 Å². The molecular formula is C33H56N4O7S. The fourth-order valence-corrected chi connectivity index (χ4v) is 6.42. The summed E-state index contributed by atoms with van der Waals surface area (Å²) in [4.78, 5) is 60.1. The molecule has 3 N–H and O–H groups in total. The molecule has 12 heteroatoms. The van der Waals surface area contributed by atoms with Crippen LogP contribution in [0.3, 0.4) is 0 Å². The van der Waals surface area contributed by atoms with Crippen LogP contribution in [0.25, 0.3) is 0 Å². The van der Waals surface area contributed by atoms with Crippen LogP contribution >= 0.6 is 11.3 Å². The van der Waals surface area contributed by atoms with Gasteiger partial charge in [-0.3, -0.25) is 14.5 Å². The van der Waals surface area contributed by atoms with Gasteiger partial charge in [-0.25, -0.2) is 14.6 Å². The van der Waals surface area contributed by atoms with Crippen LogP contribution in [-0.4, -0.2) is 85.7 Å². The SMILES string of the molecule is CCCCCCN(C(=O)[C@@H](NC(=O)[C@H]1CCCCN1C(=O)OC(C)(C)C)[C@@H](C)CC)[C@H](C[C@@H](O)c1nc(C(=O)O)cs1)C(C)C. The average molecular weight is 653 g/mol. The van der Waals surface area contributed by atoms with E-state index in [2.05, 4.69) is 17.2 Å². The molecule has 0 unspecified atom stereocenters. The van der Waals surface area contributed by atoms with Gasteiger partial charge in [-0.1, -0.05) is 60.3 Å². The van der Waals surface area contributed by atoms with Gasteiger partial charge in [0.05, 0.1) is 0 Å². The van der Waals surface area contributed by atoms with Crippen molar-refractivity contribution in [1.29, 1.82) is 0 Å². The zero-order valence-corrected chi connectivity index (χ0v) is 29.3. The highest BCUT2D eigenvalue weighted by atomic mass is 32.1. The number of ether oxygens (including phenoxy) is 1. The summed E-state index contributed by atoms with van der Waals surface area (Å²) in [7, 11) is 0. The van der Waals surface area contributed by atoms with E-state index in [0.29, 0.717) is 30.9 Å². The third-order valence-electron chi connectivity index (χ3n) is 8.41. The van der Waals surface area contributed by atoms with Gasteiger partial charge in [-0.15, -0.1) is 11.3 Å². The Balaban J connectivity index is 2.38. The van der Waals surface area contributed by atoms with Crippen molar-refractivity contribution in [2.75, 3.05) is 13.1 Å². The van der Waals surface area contributed by atoms with Crippen LogP contribution in [0.1, 0.15) is 135 Å². The van der Waals surface area contributed by atoms with Crippen molar-refractivity contribution in [3.63, 3.8) is 0 Å². The second-order valence-corrected chi connectivity index (χ2v) is 14.5. The summed E-state index contributed by atoms with van der Waals surface area (Å²) < 4.78 is 5.60.